The molecule has 0 saturated carbocycles. The number of unbranched alkanes of at least 4 members (excludes halogenated alkanes) is 1. The molecule has 0 fully saturated rings. The van der Waals surface area contributed by atoms with Crippen molar-refractivity contribution in [1.29, 1.82) is 0 Å². The van der Waals surface area contributed by atoms with Crippen molar-refractivity contribution in [2.45, 2.75) is 39.2 Å². The largest absolute Gasteiger partial charge is 0.479 e. The van der Waals surface area contributed by atoms with E-state index in [9.17, 15) is 4.79 Å². The van der Waals surface area contributed by atoms with Gasteiger partial charge in [0.25, 0.3) is 0 Å². The second kappa shape index (κ2) is 5.13. The number of carbonyl (C=O) groups is 1. The van der Waals surface area contributed by atoms with Crippen molar-refractivity contribution in [3.63, 3.8) is 0 Å². The zero-order valence-corrected chi connectivity index (χ0v) is 7.08. The van der Waals surface area contributed by atoms with E-state index in [2.05, 4.69) is 0 Å². The third kappa shape index (κ3) is 3.98. The molecule has 3 nitrogen and oxygen atoms in total. The predicted octanol–water partition coefficient (Wildman–Crippen LogP) is 1.26. The number of rotatable bonds is 5. The Morgan fingerprint density at radius 3 is 2.45 bits per heavy atom. The maximum absolute atomic E-state index is 10.3. The highest BCUT2D eigenvalue weighted by Gasteiger charge is 2.20. The molecule has 11 heavy (non-hydrogen) atoms. The Kier molecular flexibility index (Phi) is 4.86. The van der Waals surface area contributed by atoms with Crippen LogP contribution in [0.2, 0.25) is 0 Å². The van der Waals surface area contributed by atoms with Crippen LogP contribution in [0.3, 0.4) is 0 Å². The van der Waals surface area contributed by atoms with E-state index < -0.39 is 12.1 Å². The van der Waals surface area contributed by atoms with Crippen LogP contribution in [0, 0.1) is 5.92 Å². The van der Waals surface area contributed by atoms with Gasteiger partial charge in [0.15, 0.2) is 6.10 Å². The molecular weight excluding hydrogens is 144 g/mol. The number of carboxylic acid groups (broad SMARTS) is 1. The van der Waals surface area contributed by atoms with Gasteiger partial charge in [-0.3, -0.25) is 0 Å². The summed E-state index contributed by atoms with van der Waals surface area (Å²) < 4.78 is 0. The van der Waals surface area contributed by atoms with Crippen molar-refractivity contribution in [2.24, 2.45) is 5.92 Å². The van der Waals surface area contributed by atoms with E-state index >= 15 is 0 Å². The molecule has 0 bridgehead atoms. The lowest BCUT2D eigenvalue weighted by atomic mass is 9.98. The predicted molar refractivity (Wildman–Crippen MR) is 42.3 cm³/mol. The SMILES string of the molecule is CCCC[C@H](C)[C@@H](O)C(=O)O. The van der Waals surface area contributed by atoms with Gasteiger partial charge in [0, 0.05) is 0 Å². The minimum atomic E-state index is -1.19. The van der Waals surface area contributed by atoms with Crippen LogP contribution in [0.15, 0.2) is 0 Å². The molecule has 0 unspecified atom stereocenters. The molecule has 0 aliphatic heterocycles. The zero-order chi connectivity index (χ0) is 8.85. The van der Waals surface area contributed by atoms with Gasteiger partial charge in [-0.1, -0.05) is 26.7 Å². The Morgan fingerprint density at radius 1 is 1.55 bits per heavy atom. The molecular formula is C8H16O3. The molecule has 0 spiro atoms. The topological polar surface area (TPSA) is 57.5 Å². The second-order valence-corrected chi connectivity index (χ2v) is 2.90. The van der Waals surface area contributed by atoms with Crippen LogP contribution < -0.4 is 0 Å². The lowest BCUT2D eigenvalue weighted by Gasteiger charge is -2.13. The number of hydrogen-bond donors (Lipinski definition) is 2. The van der Waals surface area contributed by atoms with Crippen LogP contribution in [0.5, 0.6) is 0 Å². The first-order chi connectivity index (χ1) is 5.09. The summed E-state index contributed by atoms with van der Waals surface area (Å²) in [4.78, 5) is 10.3. The minimum absolute atomic E-state index is 0.132. The van der Waals surface area contributed by atoms with Gasteiger partial charge in [-0.2, -0.15) is 0 Å². The molecule has 0 radical (unpaired) electrons. The molecule has 0 heterocycles. The van der Waals surface area contributed by atoms with Crippen LogP contribution in [-0.2, 0) is 4.79 Å². The summed E-state index contributed by atoms with van der Waals surface area (Å²) in [6.07, 6.45) is 1.60. The Hall–Kier alpha value is -0.570. The van der Waals surface area contributed by atoms with E-state index in [1.54, 1.807) is 6.92 Å². The number of aliphatic carboxylic acids is 1. The zero-order valence-electron chi connectivity index (χ0n) is 7.08. The van der Waals surface area contributed by atoms with E-state index in [1.807, 2.05) is 6.92 Å². The van der Waals surface area contributed by atoms with Crippen LogP contribution in [0.25, 0.3) is 0 Å². The maximum Gasteiger partial charge on any atom is 0.332 e. The molecule has 0 amide bonds. The smallest absolute Gasteiger partial charge is 0.332 e. The van der Waals surface area contributed by atoms with Gasteiger partial charge in [0.2, 0.25) is 0 Å². The van der Waals surface area contributed by atoms with Crippen molar-refractivity contribution >= 4 is 5.97 Å². The van der Waals surface area contributed by atoms with Crippen LogP contribution in [0.4, 0.5) is 0 Å². The van der Waals surface area contributed by atoms with Gasteiger partial charge >= 0.3 is 5.97 Å². The standard InChI is InChI=1S/C8H16O3/c1-3-4-5-6(2)7(9)8(10)11/h6-7,9H,3-5H2,1-2H3,(H,10,11)/t6-,7+/m0/s1. The Bertz CT molecular complexity index is 123. The fourth-order valence-corrected chi connectivity index (χ4v) is 0.927. The third-order valence-corrected chi connectivity index (χ3v) is 1.81. The van der Waals surface area contributed by atoms with Gasteiger partial charge in [0.1, 0.15) is 0 Å². The number of aliphatic hydroxyl groups excluding tert-OH is 1. The quantitative estimate of drug-likeness (QED) is 0.636. The van der Waals surface area contributed by atoms with Crippen molar-refractivity contribution in [3.05, 3.63) is 0 Å². The first-order valence-corrected chi connectivity index (χ1v) is 4.00. The van der Waals surface area contributed by atoms with Gasteiger partial charge < -0.3 is 10.2 Å². The highest BCUT2D eigenvalue weighted by Crippen LogP contribution is 2.11. The summed E-state index contributed by atoms with van der Waals surface area (Å²) in [5.41, 5.74) is 0. The summed E-state index contributed by atoms with van der Waals surface area (Å²) >= 11 is 0. The summed E-state index contributed by atoms with van der Waals surface area (Å²) in [7, 11) is 0. The monoisotopic (exact) mass is 160 g/mol. The molecule has 0 aliphatic carbocycles. The van der Waals surface area contributed by atoms with E-state index in [4.69, 9.17) is 10.2 Å². The van der Waals surface area contributed by atoms with Gasteiger partial charge in [0.05, 0.1) is 0 Å². The lowest BCUT2D eigenvalue weighted by molar-refractivity contribution is -0.149. The Morgan fingerprint density at radius 2 is 2.09 bits per heavy atom. The van der Waals surface area contributed by atoms with E-state index in [-0.39, 0.29) is 5.92 Å². The van der Waals surface area contributed by atoms with Gasteiger partial charge in [-0.05, 0) is 12.3 Å². The van der Waals surface area contributed by atoms with Crippen molar-refractivity contribution in [2.75, 3.05) is 0 Å². The van der Waals surface area contributed by atoms with E-state index in [0.717, 1.165) is 19.3 Å². The molecule has 2 N–H and O–H groups in total. The van der Waals surface area contributed by atoms with Crippen molar-refractivity contribution in [3.8, 4) is 0 Å². The Balaban J connectivity index is 3.63. The maximum atomic E-state index is 10.3. The first kappa shape index (κ1) is 10.4. The lowest BCUT2D eigenvalue weighted by Crippen LogP contribution is -2.27. The molecule has 0 aromatic heterocycles. The fraction of sp³-hybridized carbons (Fsp3) is 0.875. The van der Waals surface area contributed by atoms with Gasteiger partial charge in [-0.25, -0.2) is 4.79 Å². The van der Waals surface area contributed by atoms with E-state index in [1.165, 1.54) is 0 Å². The van der Waals surface area contributed by atoms with Crippen LogP contribution in [-0.4, -0.2) is 22.3 Å². The highest BCUT2D eigenvalue weighted by molar-refractivity contribution is 5.72. The highest BCUT2D eigenvalue weighted by atomic mass is 16.4. The number of carboxylic acids is 1. The molecule has 3 heteroatoms. The number of aliphatic hydroxyl groups is 1. The normalized spacial score (nSPS) is 15.9. The summed E-state index contributed by atoms with van der Waals surface area (Å²) in [5, 5.41) is 17.4. The molecule has 66 valence electrons. The van der Waals surface area contributed by atoms with E-state index in [0.29, 0.717) is 0 Å². The molecule has 0 aromatic rings. The first-order valence-electron chi connectivity index (χ1n) is 4.00. The summed E-state index contributed by atoms with van der Waals surface area (Å²) in [6, 6.07) is 0. The molecule has 0 saturated heterocycles. The second-order valence-electron chi connectivity index (χ2n) is 2.90. The van der Waals surface area contributed by atoms with Crippen LogP contribution in [0.1, 0.15) is 33.1 Å². The van der Waals surface area contributed by atoms with Crippen molar-refractivity contribution in [1.82, 2.24) is 0 Å². The fourth-order valence-electron chi connectivity index (χ4n) is 0.927. The number of hydrogen-bond acceptors (Lipinski definition) is 2. The summed E-state index contributed by atoms with van der Waals surface area (Å²) in [6.45, 7) is 3.80. The Labute approximate surface area is 67.0 Å². The molecule has 2 atom stereocenters. The van der Waals surface area contributed by atoms with Gasteiger partial charge in [-0.15, -0.1) is 0 Å². The van der Waals surface area contributed by atoms with Crippen LogP contribution >= 0.6 is 0 Å². The molecule has 0 aromatic carbocycles. The third-order valence-electron chi connectivity index (χ3n) is 1.81. The average molecular weight is 160 g/mol. The summed E-state index contributed by atoms with van der Waals surface area (Å²) in [5.74, 6) is -1.25. The molecule has 0 aliphatic rings. The molecule has 0 rings (SSSR count). The minimum Gasteiger partial charge on any atom is -0.479 e. The average Bonchev–Trinajstić information content (AvgIpc) is 1.98. The van der Waals surface area contributed by atoms with Crippen molar-refractivity contribution < 1.29 is 15.0 Å².